The van der Waals surface area contributed by atoms with Gasteiger partial charge in [0.25, 0.3) is 5.69 Å². The molecule has 4 atom stereocenters. The minimum absolute atomic E-state index is 0.148. The fourth-order valence-electron chi connectivity index (χ4n) is 3.13. The van der Waals surface area contributed by atoms with Crippen LogP contribution in [0.15, 0.2) is 29.2 Å². The fourth-order valence-corrected chi connectivity index (χ4v) is 5.12. The van der Waals surface area contributed by atoms with Gasteiger partial charge >= 0.3 is 0 Å². The van der Waals surface area contributed by atoms with Crippen LogP contribution in [-0.2, 0) is 0 Å². The van der Waals surface area contributed by atoms with E-state index in [0.29, 0.717) is 11.2 Å². The smallest absolute Gasteiger partial charge is 0.258 e. The van der Waals surface area contributed by atoms with Crippen LogP contribution in [0.3, 0.4) is 0 Å². The van der Waals surface area contributed by atoms with Crippen LogP contribution in [0.1, 0.15) is 19.3 Å². The maximum atomic E-state index is 10.6. The summed E-state index contributed by atoms with van der Waals surface area (Å²) in [5.74, 6) is 1.42. The second-order valence-electron chi connectivity index (χ2n) is 5.11. The summed E-state index contributed by atoms with van der Waals surface area (Å²) >= 11 is 8.27. The van der Waals surface area contributed by atoms with Crippen molar-refractivity contribution in [3.8, 4) is 0 Å². The van der Waals surface area contributed by atoms with Crippen molar-refractivity contribution in [2.24, 2.45) is 11.8 Å². The van der Waals surface area contributed by atoms with Gasteiger partial charge in [-0.15, -0.1) is 23.4 Å². The predicted molar refractivity (Wildman–Crippen MR) is 73.2 cm³/mol. The van der Waals surface area contributed by atoms with Gasteiger partial charge in [-0.1, -0.05) is 0 Å². The molecule has 0 unspecified atom stereocenters. The van der Waals surface area contributed by atoms with Gasteiger partial charge in [0.15, 0.2) is 0 Å². The van der Waals surface area contributed by atoms with E-state index in [0.717, 1.165) is 10.8 Å². The topological polar surface area (TPSA) is 43.1 Å². The van der Waals surface area contributed by atoms with Crippen molar-refractivity contribution in [1.29, 1.82) is 0 Å². The van der Waals surface area contributed by atoms with E-state index in [9.17, 15) is 10.1 Å². The van der Waals surface area contributed by atoms with Gasteiger partial charge in [0.2, 0.25) is 0 Å². The zero-order valence-corrected chi connectivity index (χ0v) is 11.4. The Labute approximate surface area is 115 Å². The number of nitro groups is 1. The number of non-ortho nitro benzene ring substituents is 1. The minimum atomic E-state index is -0.365. The summed E-state index contributed by atoms with van der Waals surface area (Å²) < 4.78 is 0. The summed E-state index contributed by atoms with van der Waals surface area (Å²) in [5, 5.41) is 11.3. The number of hydrogen-bond donors (Lipinski definition) is 0. The Morgan fingerprint density at radius 1 is 1.22 bits per heavy atom. The lowest BCUT2D eigenvalue weighted by molar-refractivity contribution is -0.384. The lowest BCUT2D eigenvalue weighted by Crippen LogP contribution is -2.24. The van der Waals surface area contributed by atoms with E-state index in [1.807, 2.05) is 12.1 Å². The van der Waals surface area contributed by atoms with E-state index in [-0.39, 0.29) is 16.0 Å². The zero-order valence-electron chi connectivity index (χ0n) is 9.79. The maximum absolute atomic E-state index is 10.6. The van der Waals surface area contributed by atoms with Crippen molar-refractivity contribution in [3.63, 3.8) is 0 Å². The van der Waals surface area contributed by atoms with Crippen molar-refractivity contribution in [2.75, 3.05) is 0 Å². The van der Waals surface area contributed by atoms with Gasteiger partial charge in [-0.25, -0.2) is 0 Å². The number of hydrogen-bond acceptors (Lipinski definition) is 3. The number of rotatable bonds is 3. The van der Waals surface area contributed by atoms with Crippen LogP contribution in [0, 0.1) is 22.0 Å². The molecule has 1 aromatic rings. The van der Waals surface area contributed by atoms with Crippen LogP contribution in [0.4, 0.5) is 5.69 Å². The van der Waals surface area contributed by atoms with E-state index >= 15 is 0 Å². The molecule has 1 aromatic carbocycles. The number of alkyl halides is 1. The average molecular weight is 284 g/mol. The average Bonchev–Trinajstić information content (AvgIpc) is 2.94. The highest BCUT2D eigenvalue weighted by atomic mass is 35.5. The lowest BCUT2D eigenvalue weighted by Gasteiger charge is -2.25. The molecule has 3 nitrogen and oxygen atoms in total. The third-order valence-electron chi connectivity index (χ3n) is 4.06. The molecule has 5 heteroatoms. The first-order valence-electron chi connectivity index (χ1n) is 6.20. The number of thioether (sulfide) groups is 1. The van der Waals surface area contributed by atoms with Crippen LogP contribution < -0.4 is 0 Å². The van der Waals surface area contributed by atoms with Gasteiger partial charge in [0.05, 0.1) is 4.92 Å². The minimum Gasteiger partial charge on any atom is -0.258 e. The SMILES string of the molecule is O=[N+]([O-])c1ccc(S[C@@H]2[C@H]3CC[C@@H](C3)[C@H]2Cl)cc1. The first kappa shape index (κ1) is 12.3. The Morgan fingerprint density at radius 2 is 1.89 bits per heavy atom. The summed E-state index contributed by atoms with van der Waals surface area (Å²) in [6, 6.07) is 6.80. The molecule has 2 saturated carbocycles. The van der Waals surface area contributed by atoms with Gasteiger partial charge in [-0.2, -0.15) is 0 Å². The Hall–Kier alpha value is -0.740. The van der Waals surface area contributed by atoms with Gasteiger partial charge in [-0.05, 0) is 43.2 Å². The molecule has 0 spiro atoms. The summed E-state index contributed by atoms with van der Waals surface area (Å²) in [5.41, 5.74) is 0.148. The Kier molecular flexibility index (Phi) is 3.24. The molecule has 96 valence electrons. The van der Waals surface area contributed by atoms with Crippen LogP contribution >= 0.6 is 23.4 Å². The zero-order chi connectivity index (χ0) is 12.7. The van der Waals surface area contributed by atoms with Crippen molar-refractivity contribution in [3.05, 3.63) is 34.4 Å². The van der Waals surface area contributed by atoms with E-state index in [1.54, 1.807) is 23.9 Å². The molecule has 0 saturated heterocycles. The molecule has 2 bridgehead atoms. The summed E-state index contributed by atoms with van der Waals surface area (Å²) in [7, 11) is 0. The molecule has 0 radical (unpaired) electrons. The molecule has 2 fully saturated rings. The number of nitro benzene ring substituents is 1. The monoisotopic (exact) mass is 283 g/mol. The highest BCUT2D eigenvalue weighted by Crippen LogP contribution is 2.53. The van der Waals surface area contributed by atoms with E-state index in [2.05, 4.69) is 0 Å². The third kappa shape index (κ3) is 2.12. The number of fused-ring (bicyclic) bond motifs is 2. The molecule has 0 N–H and O–H groups in total. The number of nitrogens with zero attached hydrogens (tertiary/aromatic N) is 1. The molecule has 0 aromatic heterocycles. The van der Waals surface area contributed by atoms with Crippen LogP contribution in [0.2, 0.25) is 0 Å². The second-order valence-corrected chi connectivity index (χ2v) is 6.87. The lowest BCUT2D eigenvalue weighted by atomic mass is 10.00. The highest BCUT2D eigenvalue weighted by Gasteiger charge is 2.47. The molecule has 0 amide bonds. The molecule has 0 aliphatic heterocycles. The normalized spacial score (nSPS) is 33.8. The van der Waals surface area contributed by atoms with Gasteiger partial charge in [0.1, 0.15) is 0 Å². The maximum Gasteiger partial charge on any atom is 0.269 e. The summed E-state index contributed by atoms with van der Waals surface area (Å²) in [6.07, 6.45) is 3.83. The van der Waals surface area contributed by atoms with Gasteiger partial charge in [0, 0.05) is 27.7 Å². The van der Waals surface area contributed by atoms with Crippen molar-refractivity contribution >= 4 is 29.1 Å². The highest BCUT2D eigenvalue weighted by molar-refractivity contribution is 8.00. The summed E-state index contributed by atoms with van der Waals surface area (Å²) in [6.45, 7) is 0. The first-order valence-corrected chi connectivity index (χ1v) is 7.52. The summed E-state index contributed by atoms with van der Waals surface area (Å²) in [4.78, 5) is 11.3. The predicted octanol–water partition coefficient (Wildman–Crippen LogP) is 4.09. The van der Waals surface area contributed by atoms with E-state index < -0.39 is 0 Å². The quantitative estimate of drug-likeness (QED) is 0.477. The van der Waals surface area contributed by atoms with Crippen molar-refractivity contribution in [2.45, 2.75) is 34.8 Å². The van der Waals surface area contributed by atoms with Crippen LogP contribution in [0.5, 0.6) is 0 Å². The second kappa shape index (κ2) is 4.74. The third-order valence-corrected chi connectivity index (χ3v) is 6.33. The van der Waals surface area contributed by atoms with Crippen molar-refractivity contribution in [1.82, 2.24) is 0 Å². The molecule has 2 aliphatic carbocycles. The van der Waals surface area contributed by atoms with Crippen LogP contribution in [0.25, 0.3) is 0 Å². The molecule has 3 rings (SSSR count). The fraction of sp³-hybridized carbons (Fsp3) is 0.538. The Bertz CT molecular complexity index is 463. The standard InChI is InChI=1S/C13H14ClNO2S/c14-12-8-1-2-9(7-8)13(12)18-11-5-3-10(4-6-11)15(16)17/h3-6,8-9,12-13H,1-2,7H2/t8-,9-,12+,13+/m0/s1. The Balaban J connectivity index is 1.71. The molecule has 18 heavy (non-hydrogen) atoms. The molecule has 0 heterocycles. The molecular weight excluding hydrogens is 270 g/mol. The van der Waals surface area contributed by atoms with Crippen molar-refractivity contribution < 1.29 is 4.92 Å². The van der Waals surface area contributed by atoms with Gasteiger partial charge in [-0.3, -0.25) is 10.1 Å². The number of benzene rings is 1. The first-order chi connectivity index (χ1) is 8.65. The molecular formula is C13H14ClNO2S. The Morgan fingerprint density at radius 3 is 2.44 bits per heavy atom. The largest absolute Gasteiger partial charge is 0.269 e. The molecule has 2 aliphatic rings. The van der Waals surface area contributed by atoms with Crippen LogP contribution in [-0.4, -0.2) is 15.6 Å². The van der Waals surface area contributed by atoms with E-state index in [1.165, 1.54) is 19.3 Å². The van der Waals surface area contributed by atoms with Gasteiger partial charge < -0.3 is 0 Å². The van der Waals surface area contributed by atoms with E-state index in [4.69, 9.17) is 11.6 Å². The number of halogens is 1.